The first-order chi connectivity index (χ1) is 12.8. The molecule has 0 fully saturated rings. The first-order valence-corrected chi connectivity index (χ1v) is 11.9. The molecule has 0 aliphatic rings. The van der Waals surface area contributed by atoms with Crippen molar-refractivity contribution >= 4 is 0 Å². The number of hydrogen-bond acceptors (Lipinski definition) is 3. The third kappa shape index (κ3) is 20.2. The van der Waals surface area contributed by atoms with Gasteiger partial charge in [-0.15, -0.1) is 0 Å². The van der Waals surface area contributed by atoms with Crippen LogP contribution in [0.3, 0.4) is 0 Å². The minimum absolute atomic E-state index is 0.988. The molecule has 1 unspecified atom stereocenters. The molecular formula is C23H51N3. The fourth-order valence-corrected chi connectivity index (χ4v) is 3.72. The predicted octanol–water partition coefficient (Wildman–Crippen LogP) is 5.50. The van der Waals surface area contributed by atoms with Crippen LogP contribution in [0, 0.1) is 5.92 Å². The summed E-state index contributed by atoms with van der Waals surface area (Å²) in [5, 5.41) is 10.2. The van der Waals surface area contributed by atoms with Gasteiger partial charge in [0, 0.05) is 0 Å². The fourth-order valence-electron chi connectivity index (χ4n) is 3.72. The topological polar surface area (TPSA) is 36.1 Å². The molecule has 0 amide bonds. The van der Waals surface area contributed by atoms with Gasteiger partial charge < -0.3 is 16.0 Å². The number of rotatable bonds is 22. The highest BCUT2D eigenvalue weighted by Gasteiger charge is 2.08. The maximum Gasteiger partial charge on any atom is -0.00489 e. The third-order valence-electron chi connectivity index (χ3n) is 5.40. The summed E-state index contributed by atoms with van der Waals surface area (Å²) >= 11 is 0. The van der Waals surface area contributed by atoms with E-state index in [0.29, 0.717) is 0 Å². The monoisotopic (exact) mass is 369 g/mol. The maximum atomic E-state index is 3.53. The van der Waals surface area contributed by atoms with E-state index in [1.165, 1.54) is 116 Å². The molecule has 0 bridgehead atoms. The quantitative estimate of drug-likeness (QED) is 0.220. The van der Waals surface area contributed by atoms with Crippen molar-refractivity contribution in [1.29, 1.82) is 0 Å². The predicted molar refractivity (Wildman–Crippen MR) is 119 cm³/mol. The van der Waals surface area contributed by atoms with Crippen LogP contribution in [0.2, 0.25) is 0 Å². The highest BCUT2D eigenvalue weighted by molar-refractivity contribution is 4.62. The van der Waals surface area contributed by atoms with Crippen molar-refractivity contribution < 1.29 is 0 Å². The zero-order valence-corrected chi connectivity index (χ0v) is 18.5. The number of unbranched alkanes of at least 4 members (excludes halogenated alkanes) is 7. The highest BCUT2D eigenvalue weighted by Crippen LogP contribution is 2.23. The summed E-state index contributed by atoms with van der Waals surface area (Å²) in [6.07, 6.45) is 19.7. The van der Waals surface area contributed by atoms with Gasteiger partial charge in [0.2, 0.25) is 0 Å². The molecular weight excluding hydrogens is 318 g/mol. The molecule has 0 aliphatic heterocycles. The van der Waals surface area contributed by atoms with Crippen LogP contribution >= 0.6 is 0 Å². The molecule has 0 spiro atoms. The van der Waals surface area contributed by atoms with Gasteiger partial charge in [-0.25, -0.2) is 0 Å². The second-order valence-electron chi connectivity index (χ2n) is 7.97. The first kappa shape index (κ1) is 25.9. The summed E-state index contributed by atoms with van der Waals surface area (Å²) in [6.45, 7) is 10.3. The van der Waals surface area contributed by atoms with E-state index in [4.69, 9.17) is 0 Å². The Morgan fingerprint density at radius 3 is 1.58 bits per heavy atom. The molecule has 0 saturated carbocycles. The average Bonchev–Trinajstić information content (AvgIpc) is 2.65. The van der Waals surface area contributed by atoms with Crippen LogP contribution in [0.1, 0.15) is 104 Å². The molecule has 3 nitrogen and oxygen atoms in total. The minimum Gasteiger partial charge on any atom is -0.320 e. The van der Waals surface area contributed by atoms with Crippen molar-refractivity contribution in [3.63, 3.8) is 0 Å². The summed E-state index contributed by atoms with van der Waals surface area (Å²) in [5.41, 5.74) is 0. The van der Waals surface area contributed by atoms with E-state index >= 15 is 0 Å². The lowest BCUT2D eigenvalue weighted by Gasteiger charge is -2.17. The van der Waals surface area contributed by atoms with Crippen LogP contribution in [0.15, 0.2) is 0 Å². The van der Waals surface area contributed by atoms with Crippen molar-refractivity contribution in [2.24, 2.45) is 5.92 Å². The highest BCUT2D eigenvalue weighted by atomic mass is 14.8. The first-order valence-electron chi connectivity index (χ1n) is 11.9. The van der Waals surface area contributed by atoms with Crippen LogP contribution in [0.4, 0.5) is 0 Å². The zero-order valence-electron chi connectivity index (χ0n) is 18.5. The third-order valence-corrected chi connectivity index (χ3v) is 5.40. The number of hydrogen-bond donors (Lipinski definition) is 3. The Kier molecular flexibility index (Phi) is 22.8. The molecule has 0 aromatic rings. The van der Waals surface area contributed by atoms with Crippen LogP contribution in [0.25, 0.3) is 0 Å². The molecule has 0 aromatic heterocycles. The van der Waals surface area contributed by atoms with Gasteiger partial charge in [0.1, 0.15) is 0 Å². The molecule has 158 valence electrons. The van der Waals surface area contributed by atoms with E-state index in [0.717, 1.165) is 12.5 Å². The second-order valence-corrected chi connectivity index (χ2v) is 7.97. The molecule has 0 saturated heterocycles. The normalized spacial score (nSPS) is 12.6. The second kappa shape index (κ2) is 22.9. The van der Waals surface area contributed by atoms with E-state index in [2.05, 4.69) is 36.8 Å². The molecule has 1 atom stereocenters. The Hall–Kier alpha value is -0.120. The van der Waals surface area contributed by atoms with Crippen LogP contribution < -0.4 is 16.0 Å². The van der Waals surface area contributed by atoms with Gasteiger partial charge in [-0.3, -0.25) is 0 Å². The lowest BCUT2D eigenvalue weighted by molar-refractivity contribution is 0.367. The molecule has 0 heterocycles. The standard InChI is InChI=1S/C23H51N3/c1-4-19-26-22-15-9-12-18-23(16-10-6-7-13-20-24-3)17-11-8-14-21-25-5-2/h23-26H,4-22H2,1-3H3. The van der Waals surface area contributed by atoms with Gasteiger partial charge in [0.05, 0.1) is 0 Å². The lowest BCUT2D eigenvalue weighted by atomic mass is 9.90. The van der Waals surface area contributed by atoms with Crippen molar-refractivity contribution in [1.82, 2.24) is 16.0 Å². The van der Waals surface area contributed by atoms with Crippen LogP contribution in [-0.2, 0) is 0 Å². The SMILES string of the molecule is CCCNCCCCCC(CCCCCCNC)CCCCCNCC. The summed E-state index contributed by atoms with van der Waals surface area (Å²) in [4.78, 5) is 0. The maximum absolute atomic E-state index is 3.53. The Balaban J connectivity index is 3.77. The van der Waals surface area contributed by atoms with Gasteiger partial charge in [0.25, 0.3) is 0 Å². The van der Waals surface area contributed by atoms with Gasteiger partial charge in [-0.05, 0) is 71.4 Å². The van der Waals surface area contributed by atoms with Gasteiger partial charge in [-0.1, -0.05) is 78.1 Å². The smallest absolute Gasteiger partial charge is 0.00489 e. The largest absolute Gasteiger partial charge is 0.320 e. The number of nitrogens with one attached hydrogen (secondary N) is 3. The Labute approximate surface area is 165 Å². The molecule has 0 aromatic carbocycles. The lowest BCUT2D eigenvalue weighted by Crippen LogP contribution is -2.15. The van der Waals surface area contributed by atoms with Crippen LogP contribution in [0.5, 0.6) is 0 Å². The van der Waals surface area contributed by atoms with E-state index in [9.17, 15) is 0 Å². The zero-order chi connectivity index (χ0) is 19.1. The van der Waals surface area contributed by atoms with Gasteiger partial charge in [-0.2, -0.15) is 0 Å². The van der Waals surface area contributed by atoms with Crippen LogP contribution in [-0.4, -0.2) is 39.8 Å². The van der Waals surface area contributed by atoms with Crippen molar-refractivity contribution in [2.45, 2.75) is 104 Å². The van der Waals surface area contributed by atoms with Gasteiger partial charge >= 0.3 is 0 Å². The summed E-state index contributed by atoms with van der Waals surface area (Å²) in [6, 6.07) is 0. The summed E-state index contributed by atoms with van der Waals surface area (Å²) < 4.78 is 0. The van der Waals surface area contributed by atoms with E-state index in [1.807, 2.05) is 0 Å². The van der Waals surface area contributed by atoms with Crippen molar-refractivity contribution in [2.75, 3.05) is 39.8 Å². The van der Waals surface area contributed by atoms with E-state index in [1.54, 1.807) is 0 Å². The van der Waals surface area contributed by atoms with Gasteiger partial charge in [0.15, 0.2) is 0 Å². The van der Waals surface area contributed by atoms with Crippen molar-refractivity contribution in [3.8, 4) is 0 Å². The minimum atomic E-state index is 0.988. The Morgan fingerprint density at radius 1 is 0.538 bits per heavy atom. The fraction of sp³-hybridized carbons (Fsp3) is 1.00. The molecule has 3 heteroatoms. The summed E-state index contributed by atoms with van der Waals surface area (Å²) in [5.74, 6) is 0.988. The Bertz CT molecular complexity index is 230. The molecule has 0 aliphatic carbocycles. The Morgan fingerprint density at radius 2 is 1.04 bits per heavy atom. The average molecular weight is 370 g/mol. The molecule has 3 N–H and O–H groups in total. The van der Waals surface area contributed by atoms with Crippen molar-refractivity contribution in [3.05, 3.63) is 0 Å². The molecule has 26 heavy (non-hydrogen) atoms. The van der Waals surface area contributed by atoms with E-state index < -0.39 is 0 Å². The molecule has 0 radical (unpaired) electrons. The van der Waals surface area contributed by atoms with E-state index in [-0.39, 0.29) is 0 Å². The molecule has 0 rings (SSSR count). The summed E-state index contributed by atoms with van der Waals surface area (Å²) in [7, 11) is 2.06.